The Morgan fingerprint density at radius 2 is 2.10 bits per heavy atom. The van der Waals surface area contributed by atoms with Gasteiger partial charge in [0.2, 0.25) is 0 Å². The van der Waals surface area contributed by atoms with Gasteiger partial charge in [0.1, 0.15) is 5.82 Å². The number of sulfonamides is 1. The van der Waals surface area contributed by atoms with Gasteiger partial charge in [-0.15, -0.1) is 0 Å². The summed E-state index contributed by atoms with van der Waals surface area (Å²) in [6.07, 6.45) is 2.03. The summed E-state index contributed by atoms with van der Waals surface area (Å²) in [7, 11) is -3.58. The minimum absolute atomic E-state index is 0.130. The van der Waals surface area contributed by atoms with Crippen molar-refractivity contribution in [3.8, 4) is 0 Å². The zero-order valence-corrected chi connectivity index (χ0v) is 13.0. The summed E-state index contributed by atoms with van der Waals surface area (Å²) in [6.45, 7) is 4.38. The number of hydrogen-bond donors (Lipinski definition) is 2. The van der Waals surface area contributed by atoms with Crippen molar-refractivity contribution in [1.82, 2.24) is 14.3 Å². The van der Waals surface area contributed by atoms with E-state index in [1.165, 1.54) is 10.5 Å². The van der Waals surface area contributed by atoms with Crippen LogP contribution in [0.2, 0.25) is 0 Å². The van der Waals surface area contributed by atoms with Crippen LogP contribution in [0, 0.1) is 0 Å². The second kappa shape index (κ2) is 6.28. The first-order valence-electron chi connectivity index (χ1n) is 6.85. The number of anilines is 1. The van der Waals surface area contributed by atoms with Gasteiger partial charge in [-0.25, -0.2) is 13.4 Å². The summed E-state index contributed by atoms with van der Waals surface area (Å²) in [6, 6.07) is 7.23. The SMILES string of the molecule is CCc1ncc(S(=O)(=O)N(CC)Cc2cccc(N)c2)[nH]1. The summed E-state index contributed by atoms with van der Waals surface area (Å²) >= 11 is 0. The van der Waals surface area contributed by atoms with E-state index < -0.39 is 10.0 Å². The molecule has 0 fully saturated rings. The van der Waals surface area contributed by atoms with Gasteiger partial charge in [-0.3, -0.25) is 0 Å². The van der Waals surface area contributed by atoms with Crippen LogP contribution in [0.5, 0.6) is 0 Å². The molecule has 0 amide bonds. The summed E-state index contributed by atoms with van der Waals surface area (Å²) in [5.41, 5.74) is 7.21. The summed E-state index contributed by atoms with van der Waals surface area (Å²) in [5.74, 6) is 0.661. The van der Waals surface area contributed by atoms with Crippen molar-refractivity contribution in [2.75, 3.05) is 12.3 Å². The normalized spacial score (nSPS) is 12.0. The number of hydrogen-bond acceptors (Lipinski definition) is 4. The fourth-order valence-corrected chi connectivity index (χ4v) is 3.42. The molecule has 1 heterocycles. The van der Waals surface area contributed by atoms with E-state index in [-0.39, 0.29) is 11.6 Å². The van der Waals surface area contributed by atoms with Gasteiger partial charge in [-0.2, -0.15) is 4.31 Å². The largest absolute Gasteiger partial charge is 0.399 e. The molecule has 0 radical (unpaired) electrons. The Hall–Kier alpha value is -1.86. The highest BCUT2D eigenvalue weighted by Gasteiger charge is 2.25. The molecule has 0 atom stereocenters. The molecule has 6 nitrogen and oxygen atoms in total. The molecule has 0 aliphatic heterocycles. The molecule has 21 heavy (non-hydrogen) atoms. The number of rotatable bonds is 6. The number of nitrogens with zero attached hydrogens (tertiary/aromatic N) is 2. The monoisotopic (exact) mass is 308 g/mol. The highest BCUT2D eigenvalue weighted by Crippen LogP contribution is 2.17. The number of nitrogen functional groups attached to an aromatic ring is 1. The average Bonchev–Trinajstić information content (AvgIpc) is 2.94. The van der Waals surface area contributed by atoms with Crippen LogP contribution in [0.25, 0.3) is 0 Å². The molecule has 0 aliphatic rings. The van der Waals surface area contributed by atoms with E-state index in [0.29, 0.717) is 24.5 Å². The second-order valence-electron chi connectivity index (χ2n) is 4.72. The highest BCUT2D eigenvalue weighted by atomic mass is 32.2. The molecule has 0 bridgehead atoms. The quantitative estimate of drug-likeness (QED) is 0.795. The zero-order valence-electron chi connectivity index (χ0n) is 12.2. The van der Waals surface area contributed by atoms with Crippen LogP contribution in [0.1, 0.15) is 25.2 Å². The lowest BCUT2D eigenvalue weighted by Crippen LogP contribution is -2.30. The fraction of sp³-hybridized carbons (Fsp3) is 0.357. The van der Waals surface area contributed by atoms with Crippen molar-refractivity contribution in [3.63, 3.8) is 0 Å². The Balaban J connectivity index is 2.27. The van der Waals surface area contributed by atoms with Gasteiger partial charge in [0, 0.05) is 25.2 Å². The maximum atomic E-state index is 12.6. The number of imidazole rings is 1. The number of nitrogens with two attached hydrogens (primary N) is 1. The maximum absolute atomic E-state index is 12.6. The van der Waals surface area contributed by atoms with Gasteiger partial charge in [0.05, 0.1) is 6.20 Å². The van der Waals surface area contributed by atoms with Crippen LogP contribution in [-0.4, -0.2) is 29.2 Å². The van der Waals surface area contributed by atoms with Crippen LogP contribution in [0.3, 0.4) is 0 Å². The summed E-state index contributed by atoms with van der Waals surface area (Å²) in [4.78, 5) is 6.91. The topological polar surface area (TPSA) is 92.1 Å². The third-order valence-electron chi connectivity index (χ3n) is 3.22. The van der Waals surface area contributed by atoms with Crippen molar-refractivity contribution in [2.45, 2.75) is 31.8 Å². The summed E-state index contributed by atoms with van der Waals surface area (Å²) < 4.78 is 26.6. The first kappa shape index (κ1) is 15.5. The standard InChI is InChI=1S/C14H20N4O2S/c1-3-13-16-9-14(17-13)21(19,20)18(4-2)10-11-6-5-7-12(15)8-11/h5-9H,3-4,10,15H2,1-2H3,(H,16,17). The molecule has 0 saturated carbocycles. The molecule has 0 unspecified atom stereocenters. The average molecular weight is 308 g/mol. The number of aromatic nitrogens is 2. The number of H-pyrrole nitrogens is 1. The van der Waals surface area contributed by atoms with E-state index in [9.17, 15) is 8.42 Å². The molecule has 2 rings (SSSR count). The van der Waals surface area contributed by atoms with Crippen LogP contribution in [-0.2, 0) is 23.0 Å². The van der Waals surface area contributed by atoms with Crippen molar-refractivity contribution in [1.29, 1.82) is 0 Å². The van der Waals surface area contributed by atoms with Gasteiger partial charge in [0.15, 0.2) is 5.03 Å². The Bertz CT molecular complexity index is 709. The van der Waals surface area contributed by atoms with E-state index >= 15 is 0 Å². The molecule has 2 aromatic rings. The number of benzene rings is 1. The van der Waals surface area contributed by atoms with Crippen LogP contribution in [0.15, 0.2) is 35.5 Å². The molecular weight excluding hydrogens is 288 g/mol. The lowest BCUT2D eigenvalue weighted by molar-refractivity contribution is 0.421. The number of aryl methyl sites for hydroxylation is 1. The Morgan fingerprint density at radius 1 is 1.33 bits per heavy atom. The zero-order chi connectivity index (χ0) is 15.5. The van der Waals surface area contributed by atoms with E-state index in [2.05, 4.69) is 9.97 Å². The van der Waals surface area contributed by atoms with Gasteiger partial charge in [0.25, 0.3) is 10.0 Å². The van der Waals surface area contributed by atoms with Gasteiger partial charge in [-0.05, 0) is 17.7 Å². The third-order valence-corrected chi connectivity index (χ3v) is 5.05. The Labute approximate surface area is 125 Å². The van der Waals surface area contributed by atoms with E-state index in [0.717, 1.165) is 5.56 Å². The molecule has 3 N–H and O–H groups in total. The third kappa shape index (κ3) is 3.43. The van der Waals surface area contributed by atoms with Gasteiger partial charge < -0.3 is 10.7 Å². The molecule has 1 aromatic carbocycles. The lowest BCUT2D eigenvalue weighted by Gasteiger charge is -2.19. The predicted molar refractivity (Wildman–Crippen MR) is 82.1 cm³/mol. The maximum Gasteiger partial charge on any atom is 0.260 e. The molecule has 0 saturated heterocycles. The fourth-order valence-electron chi connectivity index (χ4n) is 2.06. The minimum Gasteiger partial charge on any atom is -0.399 e. The first-order chi connectivity index (χ1) is 9.97. The van der Waals surface area contributed by atoms with Crippen LogP contribution in [0.4, 0.5) is 5.69 Å². The highest BCUT2D eigenvalue weighted by molar-refractivity contribution is 7.89. The van der Waals surface area contributed by atoms with Gasteiger partial charge in [-0.1, -0.05) is 26.0 Å². The van der Waals surface area contributed by atoms with Crippen LogP contribution >= 0.6 is 0 Å². The summed E-state index contributed by atoms with van der Waals surface area (Å²) in [5, 5.41) is 0.130. The Kier molecular flexibility index (Phi) is 4.64. The first-order valence-corrected chi connectivity index (χ1v) is 8.29. The molecule has 0 spiro atoms. The van der Waals surface area contributed by atoms with Gasteiger partial charge >= 0.3 is 0 Å². The smallest absolute Gasteiger partial charge is 0.260 e. The Morgan fingerprint density at radius 3 is 2.67 bits per heavy atom. The van der Waals surface area contributed by atoms with E-state index in [1.807, 2.05) is 19.1 Å². The number of nitrogens with one attached hydrogen (secondary N) is 1. The minimum atomic E-state index is -3.58. The van der Waals surface area contributed by atoms with Crippen molar-refractivity contribution in [2.24, 2.45) is 0 Å². The molecular formula is C14H20N4O2S. The molecule has 114 valence electrons. The molecule has 7 heteroatoms. The molecule has 0 aliphatic carbocycles. The lowest BCUT2D eigenvalue weighted by atomic mass is 10.2. The molecule has 1 aromatic heterocycles. The van der Waals surface area contributed by atoms with Crippen LogP contribution < -0.4 is 5.73 Å². The number of aromatic amines is 1. The second-order valence-corrected chi connectivity index (χ2v) is 6.63. The van der Waals surface area contributed by atoms with Crippen molar-refractivity contribution >= 4 is 15.7 Å². The van der Waals surface area contributed by atoms with Crippen molar-refractivity contribution < 1.29 is 8.42 Å². The van der Waals surface area contributed by atoms with E-state index in [1.54, 1.807) is 19.1 Å². The van der Waals surface area contributed by atoms with Crippen molar-refractivity contribution in [3.05, 3.63) is 41.9 Å². The van der Waals surface area contributed by atoms with E-state index in [4.69, 9.17) is 5.73 Å². The predicted octanol–water partition coefficient (Wildman–Crippen LogP) is 1.77.